The molecule has 0 unspecified atom stereocenters. The predicted molar refractivity (Wildman–Crippen MR) is 143 cm³/mol. The molecule has 35 heavy (non-hydrogen) atoms. The van der Waals surface area contributed by atoms with Crippen molar-refractivity contribution in [3.05, 3.63) is 64.0 Å². The summed E-state index contributed by atoms with van der Waals surface area (Å²) in [6, 6.07) is 14.1. The van der Waals surface area contributed by atoms with Crippen molar-refractivity contribution >= 4 is 34.3 Å². The molecular formula is C28H33N3O3S. The molecule has 1 N–H and O–H groups in total. The second kappa shape index (κ2) is 11.6. The van der Waals surface area contributed by atoms with E-state index in [9.17, 15) is 9.59 Å². The molecule has 2 aliphatic rings. The third-order valence-corrected chi connectivity index (χ3v) is 7.54. The van der Waals surface area contributed by atoms with Crippen molar-refractivity contribution in [3.8, 4) is 11.3 Å². The van der Waals surface area contributed by atoms with Crippen LogP contribution >= 0.6 is 11.3 Å². The first kappa shape index (κ1) is 25.1. The molecular weight excluding hydrogens is 458 g/mol. The van der Waals surface area contributed by atoms with Crippen LogP contribution in [0.15, 0.2) is 42.5 Å². The Labute approximate surface area is 211 Å². The van der Waals surface area contributed by atoms with E-state index in [4.69, 9.17) is 9.72 Å². The van der Waals surface area contributed by atoms with Crippen LogP contribution in [-0.4, -0.2) is 44.0 Å². The van der Waals surface area contributed by atoms with Crippen molar-refractivity contribution in [1.29, 1.82) is 0 Å². The van der Waals surface area contributed by atoms with Crippen molar-refractivity contribution in [1.82, 2.24) is 4.98 Å². The van der Waals surface area contributed by atoms with Gasteiger partial charge in [0.1, 0.15) is 6.29 Å². The van der Waals surface area contributed by atoms with Crippen molar-refractivity contribution in [3.63, 3.8) is 0 Å². The van der Waals surface area contributed by atoms with Crippen LogP contribution in [0.25, 0.3) is 11.3 Å². The van der Waals surface area contributed by atoms with Crippen LogP contribution in [0, 0.1) is 19.8 Å². The van der Waals surface area contributed by atoms with E-state index >= 15 is 0 Å². The number of ether oxygens (including phenoxy) is 1. The Morgan fingerprint density at radius 2 is 1.97 bits per heavy atom. The maximum atomic E-state index is 12.3. The number of nitrogens with zero attached hydrogens (tertiary/aromatic N) is 2. The van der Waals surface area contributed by atoms with Crippen LogP contribution in [0.2, 0.25) is 0 Å². The minimum atomic E-state index is 0.0628. The monoisotopic (exact) mass is 491 g/mol. The Hall–Kier alpha value is -3.03. The highest BCUT2D eigenvalue weighted by atomic mass is 32.1. The van der Waals surface area contributed by atoms with E-state index in [0.29, 0.717) is 17.5 Å². The lowest BCUT2D eigenvalue weighted by molar-refractivity contribution is -0.117. The van der Waals surface area contributed by atoms with E-state index in [1.807, 2.05) is 31.2 Å². The third kappa shape index (κ3) is 6.35. The number of aromatic nitrogens is 1. The first-order chi connectivity index (χ1) is 16.9. The number of anilines is 2. The van der Waals surface area contributed by atoms with Gasteiger partial charge in [0.25, 0.3) is 0 Å². The van der Waals surface area contributed by atoms with Gasteiger partial charge in [0, 0.05) is 54.9 Å². The van der Waals surface area contributed by atoms with Crippen LogP contribution in [0.4, 0.5) is 10.8 Å². The zero-order chi connectivity index (χ0) is 24.8. The molecule has 0 spiro atoms. The summed E-state index contributed by atoms with van der Waals surface area (Å²) in [6.07, 6.45) is 4.45. The van der Waals surface area contributed by atoms with Gasteiger partial charge in [-0.1, -0.05) is 30.3 Å². The molecule has 0 bridgehead atoms. The quantitative estimate of drug-likeness (QED) is 0.466. The van der Waals surface area contributed by atoms with Gasteiger partial charge in [-0.15, -0.1) is 11.3 Å². The van der Waals surface area contributed by atoms with E-state index in [1.165, 1.54) is 11.3 Å². The first-order valence-electron chi connectivity index (χ1n) is 12.1. The number of nitrogens with one attached hydrogen (secondary N) is 1. The van der Waals surface area contributed by atoms with E-state index in [-0.39, 0.29) is 5.91 Å². The molecule has 6 nitrogen and oxygen atoms in total. The van der Waals surface area contributed by atoms with Crippen molar-refractivity contribution in [2.45, 2.75) is 39.5 Å². The lowest BCUT2D eigenvalue weighted by Gasteiger charge is -2.20. The highest BCUT2D eigenvalue weighted by Gasteiger charge is 2.20. The topological polar surface area (TPSA) is 71.5 Å². The second-order valence-corrected chi connectivity index (χ2v) is 10.4. The fraction of sp³-hybridized carbons (Fsp3) is 0.393. The van der Waals surface area contributed by atoms with Gasteiger partial charge in [0.2, 0.25) is 5.91 Å². The smallest absolute Gasteiger partial charge is 0.226 e. The molecule has 5 rings (SSSR count). The van der Waals surface area contributed by atoms with Gasteiger partial charge in [0.15, 0.2) is 5.13 Å². The number of carbonyl (C=O) groups is 2. The molecule has 0 atom stereocenters. The molecule has 0 saturated carbocycles. The highest BCUT2D eigenvalue weighted by Crippen LogP contribution is 2.35. The second-order valence-electron chi connectivity index (χ2n) is 9.22. The minimum absolute atomic E-state index is 0.0628. The number of aryl methyl sites for hydroxylation is 2. The molecule has 1 amide bonds. The van der Waals surface area contributed by atoms with Gasteiger partial charge in [-0.05, 0) is 62.3 Å². The molecule has 1 saturated heterocycles. The first-order valence-corrected chi connectivity index (χ1v) is 13.0. The van der Waals surface area contributed by atoms with Gasteiger partial charge in [-0.2, -0.15) is 0 Å². The number of hydrogen-bond donors (Lipinski definition) is 1. The predicted octanol–water partition coefficient (Wildman–Crippen LogP) is 5.67. The summed E-state index contributed by atoms with van der Waals surface area (Å²) < 4.78 is 5.36. The molecule has 1 aromatic heterocycles. The summed E-state index contributed by atoms with van der Waals surface area (Å²) in [5.74, 6) is 0.491. The number of amides is 1. The Morgan fingerprint density at radius 1 is 1.20 bits per heavy atom. The van der Waals surface area contributed by atoms with Gasteiger partial charge in [0.05, 0.1) is 5.69 Å². The van der Waals surface area contributed by atoms with Crippen molar-refractivity contribution in [2.24, 2.45) is 5.92 Å². The van der Waals surface area contributed by atoms with E-state index < -0.39 is 0 Å². The minimum Gasteiger partial charge on any atom is -0.381 e. The van der Waals surface area contributed by atoms with Gasteiger partial charge in [-0.3, -0.25) is 9.59 Å². The fourth-order valence-electron chi connectivity index (χ4n) is 4.53. The normalized spacial score (nSPS) is 15.2. The van der Waals surface area contributed by atoms with Gasteiger partial charge < -0.3 is 15.0 Å². The fourth-order valence-corrected chi connectivity index (χ4v) is 5.39. The lowest BCUT2D eigenvalue weighted by atomic mass is 9.96. The lowest BCUT2D eigenvalue weighted by Crippen LogP contribution is -2.22. The maximum Gasteiger partial charge on any atom is 0.226 e. The molecule has 3 heterocycles. The summed E-state index contributed by atoms with van der Waals surface area (Å²) >= 11 is 1.56. The number of fused-ring (bicyclic) bond motifs is 1. The number of hydrogen-bond acceptors (Lipinski definition) is 6. The Balaban J connectivity index is 0.000000271. The molecule has 0 aliphatic carbocycles. The molecule has 3 aromatic rings. The number of benzene rings is 2. The third-order valence-electron chi connectivity index (χ3n) is 6.65. The largest absolute Gasteiger partial charge is 0.381 e. The average molecular weight is 492 g/mol. The van der Waals surface area contributed by atoms with E-state index in [0.717, 1.165) is 72.6 Å². The van der Waals surface area contributed by atoms with Crippen LogP contribution in [0.5, 0.6) is 0 Å². The molecule has 184 valence electrons. The summed E-state index contributed by atoms with van der Waals surface area (Å²) in [7, 11) is 2.13. The Kier molecular flexibility index (Phi) is 8.31. The Morgan fingerprint density at radius 3 is 2.69 bits per heavy atom. The Bertz CT molecular complexity index is 1180. The number of likely N-dealkylation sites (N-methyl/N-ethyl adjacent to an activating group) is 1. The molecule has 2 aromatic carbocycles. The van der Waals surface area contributed by atoms with Crippen LogP contribution < -0.4 is 10.2 Å². The SMILES string of the molecule is Cc1ccccc1C=O.Cc1sc(NC(=O)CC2CCOCC2)nc1-c1ccc2c(c1)CCN2C. The number of rotatable bonds is 5. The summed E-state index contributed by atoms with van der Waals surface area (Å²) in [5, 5.41) is 3.70. The molecule has 7 heteroatoms. The van der Waals surface area contributed by atoms with Gasteiger partial charge >= 0.3 is 0 Å². The number of thiazole rings is 1. The van der Waals surface area contributed by atoms with Gasteiger partial charge in [-0.25, -0.2) is 4.98 Å². The van der Waals surface area contributed by atoms with Crippen LogP contribution in [-0.2, 0) is 16.0 Å². The van der Waals surface area contributed by atoms with Crippen LogP contribution in [0.1, 0.15) is 45.6 Å². The van der Waals surface area contributed by atoms with Crippen molar-refractivity contribution < 1.29 is 14.3 Å². The highest BCUT2D eigenvalue weighted by molar-refractivity contribution is 7.16. The standard InChI is InChI=1S/C20H25N3O2S.C8H8O/c1-13-19(16-3-4-17-15(12-16)5-8-23(17)2)22-20(26-13)21-18(24)11-14-6-9-25-10-7-14;1-7-4-2-3-5-8(7)6-9/h3-4,12,14H,5-11H2,1-2H3,(H,21,22,24);2-6H,1H3. The number of carbonyl (C=O) groups excluding carboxylic acids is 2. The van der Waals surface area contributed by atoms with E-state index in [2.05, 4.69) is 42.4 Å². The summed E-state index contributed by atoms with van der Waals surface area (Å²) in [5.41, 5.74) is 6.62. The van der Waals surface area contributed by atoms with Crippen LogP contribution in [0.3, 0.4) is 0 Å². The zero-order valence-corrected chi connectivity index (χ0v) is 21.5. The summed E-state index contributed by atoms with van der Waals surface area (Å²) in [4.78, 5) is 30.7. The molecule has 2 aliphatic heterocycles. The summed E-state index contributed by atoms with van der Waals surface area (Å²) in [6.45, 7) is 6.60. The molecule has 1 fully saturated rings. The number of aldehydes is 1. The maximum absolute atomic E-state index is 12.3. The molecule has 0 radical (unpaired) electrons. The van der Waals surface area contributed by atoms with Crippen molar-refractivity contribution in [2.75, 3.05) is 37.0 Å². The van der Waals surface area contributed by atoms with E-state index in [1.54, 1.807) is 11.3 Å². The average Bonchev–Trinajstić information content (AvgIpc) is 3.41. The zero-order valence-electron chi connectivity index (χ0n) is 20.7.